The number of benzene rings is 2. The minimum absolute atomic E-state index is 0.0743. The van der Waals surface area contributed by atoms with Crippen molar-refractivity contribution in [3.05, 3.63) is 59.4 Å². The second-order valence-corrected chi connectivity index (χ2v) is 8.79. The highest BCUT2D eigenvalue weighted by atomic mass is 32.2. The van der Waals surface area contributed by atoms with Gasteiger partial charge in [-0.2, -0.15) is 0 Å². The number of ether oxygens (including phenoxy) is 2. The Morgan fingerprint density at radius 3 is 2.25 bits per heavy atom. The summed E-state index contributed by atoms with van der Waals surface area (Å²) in [6, 6.07) is 13.5. The molecule has 1 N–H and O–H groups in total. The van der Waals surface area contributed by atoms with Crippen molar-refractivity contribution in [2.24, 2.45) is 0 Å². The van der Waals surface area contributed by atoms with Crippen molar-refractivity contribution in [3.63, 3.8) is 0 Å². The fraction of sp³-hybridized carbons (Fsp3) is 0.375. The van der Waals surface area contributed by atoms with Crippen LogP contribution in [0.2, 0.25) is 0 Å². The van der Waals surface area contributed by atoms with Gasteiger partial charge in [-0.15, -0.1) is 10.2 Å². The zero-order valence-corrected chi connectivity index (χ0v) is 20.2. The molecule has 2 aromatic carbocycles. The van der Waals surface area contributed by atoms with Crippen LogP contribution in [0.1, 0.15) is 49.9 Å². The van der Waals surface area contributed by atoms with Crippen LogP contribution >= 0.6 is 11.8 Å². The number of hydrogen-bond donors (Lipinski definition) is 1. The highest BCUT2D eigenvalue weighted by molar-refractivity contribution is 7.99. The largest absolute Gasteiger partial charge is 0.497 e. The van der Waals surface area contributed by atoms with Crippen LogP contribution in [-0.2, 0) is 4.79 Å². The lowest BCUT2D eigenvalue weighted by Gasteiger charge is -2.19. The van der Waals surface area contributed by atoms with E-state index in [0.29, 0.717) is 11.0 Å². The molecule has 0 bridgehead atoms. The molecular weight excluding hydrogens is 424 g/mol. The smallest absolute Gasteiger partial charge is 0.234 e. The van der Waals surface area contributed by atoms with Crippen molar-refractivity contribution in [2.45, 2.75) is 51.9 Å². The highest BCUT2D eigenvalue weighted by Crippen LogP contribution is 2.28. The topological polar surface area (TPSA) is 78.3 Å². The Bertz CT molecular complexity index is 1040. The summed E-state index contributed by atoms with van der Waals surface area (Å²) in [5.74, 6) is 2.38. The number of nitrogens with one attached hydrogen (secondary N) is 1. The molecule has 0 fully saturated rings. The summed E-state index contributed by atoms with van der Waals surface area (Å²) in [6.45, 7) is 10.0. The molecule has 1 amide bonds. The third-order valence-electron chi connectivity index (χ3n) is 5.02. The van der Waals surface area contributed by atoms with Crippen LogP contribution in [-0.4, -0.2) is 33.5 Å². The molecule has 7 nitrogen and oxygen atoms in total. The first-order chi connectivity index (χ1) is 15.3. The maximum Gasteiger partial charge on any atom is 0.234 e. The maximum atomic E-state index is 12.6. The van der Waals surface area contributed by atoms with Crippen molar-refractivity contribution < 1.29 is 14.3 Å². The summed E-state index contributed by atoms with van der Waals surface area (Å²) in [7, 11) is 1.63. The molecule has 0 aliphatic rings. The lowest BCUT2D eigenvalue weighted by Crippen LogP contribution is -2.17. The lowest BCUT2D eigenvalue weighted by molar-refractivity contribution is -0.113. The van der Waals surface area contributed by atoms with Gasteiger partial charge in [0, 0.05) is 11.7 Å². The number of aryl methyl sites for hydroxylation is 2. The zero-order chi connectivity index (χ0) is 23.3. The average Bonchev–Trinajstić information content (AvgIpc) is 3.20. The molecule has 170 valence electrons. The Morgan fingerprint density at radius 2 is 1.66 bits per heavy atom. The molecule has 0 spiro atoms. The molecule has 1 unspecified atom stereocenters. The minimum atomic E-state index is -0.309. The second-order valence-electron chi connectivity index (χ2n) is 7.84. The molecule has 0 saturated heterocycles. The van der Waals surface area contributed by atoms with Crippen LogP contribution in [0.15, 0.2) is 47.6 Å². The number of carbonyl (C=O) groups excluding carboxylic acids is 1. The van der Waals surface area contributed by atoms with E-state index in [-0.39, 0.29) is 23.8 Å². The van der Waals surface area contributed by atoms with Gasteiger partial charge in [0.25, 0.3) is 0 Å². The van der Waals surface area contributed by atoms with E-state index in [1.807, 2.05) is 67.8 Å². The van der Waals surface area contributed by atoms with Gasteiger partial charge >= 0.3 is 0 Å². The number of rotatable bonds is 9. The molecular formula is C24H30N4O3S. The quantitative estimate of drug-likeness (QED) is 0.439. The van der Waals surface area contributed by atoms with Crippen molar-refractivity contribution in [1.82, 2.24) is 14.8 Å². The van der Waals surface area contributed by atoms with Gasteiger partial charge < -0.3 is 19.4 Å². The summed E-state index contributed by atoms with van der Waals surface area (Å²) in [5, 5.41) is 12.4. The first-order valence-corrected chi connectivity index (χ1v) is 11.5. The lowest BCUT2D eigenvalue weighted by atomic mass is 10.1. The van der Waals surface area contributed by atoms with Gasteiger partial charge in [-0.3, -0.25) is 4.79 Å². The number of amides is 1. The Kier molecular flexibility index (Phi) is 7.80. The van der Waals surface area contributed by atoms with Crippen LogP contribution in [0.3, 0.4) is 0 Å². The van der Waals surface area contributed by atoms with E-state index in [1.165, 1.54) is 11.8 Å². The predicted octanol–water partition coefficient (Wildman–Crippen LogP) is 5.36. The molecule has 3 aromatic rings. The molecule has 3 rings (SSSR count). The number of nitrogens with zero attached hydrogens (tertiary/aromatic N) is 3. The van der Waals surface area contributed by atoms with E-state index in [9.17, 15) is 4.79 Å². The molecule has 0 aliphatic heterocycles. The SMILES string of the molecule is COc1ccc(OC(C)c2nnc(SCC(=O)Nc3c(C)cccc3C)n2C(C)C)cc1. The zero-order valence-electron chi connectivity index (χ0n) is 19.4. The molecule has 1 atom stereocenters. The average molecular weight is 455 g/mol. The van der Waals surface area contributed by atoms with E-state index in [1.54, 1.807) is 7.11 Å². The third-order valence-corrected chi connectivity index (χ3v) is 5.96. The van der Waals surface area contributed by atoms with Crippen LogP contribution in [0.4, 0.5) is 5.69 Å². The van der Waals surface area contributed by atoms with Gasteiger partial charge in [0.1, 0.15) is 11.5 Å². The van der Waals surface area contributed by atoms with Crippen LogP contribution in [0, 0.1) is 13.8 Å². The molecule has 0 saturated carbocycles. The fourth-order valence-electron chi connectivity index (χ4n) is 3.38. The molecule has 1 aromatic heterocycles. The molecule has 8 heteroatoms. The number of aromatic nitrogens is 3. The van der Waals surface area contributed by atoms with Gasteiger partial charge in [-0.05, 0) is 70.0 Å². The van der Waals surface area contributed by atoms with E-state index < -0.39 is 0 Å². The Hall–Kier alpha value is -3.00. The normalized spacial score (nSPS) is 12.0. The van der Waals surface area contributed by atoms with E-state index in [0.717, 1.165) is 28.3 Å². The fourth-order valence-corrected chi connectivity index (χ4v) is 4.25. The molecule has 1 heterocycles. The Labute approximate surface area is 193 Å². The van der Waals surface area contributed by atoms with Gasteiger partial charge in [0.05, 0.1) is 12.9 Å². The van der Waals surface area contributed by atoms with Crippen LogP contribution in [0.5, 0.6) is 11.5 Å². The van der Waals surface area contributed by atoms with Crippen LogP contribution < -0.4 is 14.8 Å². The van der Waals surface area contributed by atoms with Gasteiger partial charge in [-0.1, -0.05) is 30.0 Å². The number of para-hydroxylation sites is 1. The van der Waals surface area contributed by atoms with Gasteiger partial charge in [0.15, 0.2) is 17.1 Å². The summed E-state index contributed by atoms with van der Waals surface area (Å²) >= 11 is 1.37. The minimum Gasteiger partial charge on any atom is -0.497 e. The Morgan fingerprint density at radius 1 is 1.03 bits per heavy atom. The predicted molar refractivity (Wildman–Crippen MR) is 128 cm³/mol. The summed E-state index contributed by atoms with van der Waals surface area (Å²) in [6.07, 6.45) is -0.309. The first kappa shape index (κ1) is 23.7. The highest BCUT2D eigenvalue weighted by Gasteiger charge is 2.22. The van der Waals surface area contributed by atoms with Gasteiger partial charge in [0.2, 0.25) is 5.91 Å². The molecule has 32 heavy (non-hydrogen) atoms. The summed E-state index contributed by atoms with van der Waals surface area (Å²) in [5.41, 5.74) is 2.95. The molecule has 0 radical (unpaired) electrons. The summed E-state index contributed by atoms with van der Waals surface area (Å²) in [4.78, 5) is 12.6. The van der Waals surface area contributed by atoms with Crippen LogP contribution in [0.25, 0.3) is 0 Å². The van der Waals surface area contributed by atoms with E-state index in [4.69, 9.17) is 9.47 Å². The van der Waals surface area contributed by atoms with Crippen molar-refractivity contribution >= 4 is 23.4 Å². The van der Waals surface area contributed by atoms with E-state index in [2.05, 4.69) is 29.4 Å². The van der Waals surface area contributed by atoms with Crippen molar-refractivity contribution in [2.75, 3.05) is 18.2 Å². The Balaban J connectivity index is 1.69. The molecule has 0 aliphatic carbocycles. The number of carbonyl (C=O) groups is 1. The van der Waals surface area contributed by atoms with E-state index >= 15 is 0 Å². The third kappa shape index (κ3) is 5.62. The first-order valence-electron chi connectivity index (χ1n) is 10.5. The number of methoxy groups -OCH3 is 1. The maximum absolute atomic E-state index is 12.6. The van der Waals surface area contributed by atoms with Crippen molar-refractivity contribution in [3.8, 4) is 11.5 Å². The number of thioether (sulfide) groups is 1. The number of anilines is 1. The summed E-state index contributed by atoms with van der Waals surface area (Å²) < 4.78 is 13.3. The van der Waals surface area contributed by atoms with Gasteiger partial charge in [-0.25, -0.2) is 0 Å². The standard InChI is InChI=1S/C24H30N4O3S/c1-15(2)28-23(18(5)31-20-12-10-19(30-6)11-13-20)26-27-24(28)32-14-21(29)25-22-16(3)8-7-9-17(22)4/h7-13,15,18H,14H2,1-6H3,(H,25,29). The second kappa shape index (κ2) is 10.5. The monoisotopic (exact) mass is 454 g/mol. The van der Waals surface area contributed by atoms with Crippen molar-refractivity contribution in [1.29, 1.82) is 0 Å². The number of hydrogen-bond acceptors (Lipinski definition) is 6.